The summed E-state index contributed by atoms with van der Waals surface area (Å²) in [5.41, 5.74) is 6.66. The van der Waals surface area contributed by atoms with Gasteiger partial charge in [0.25, 0.3) is 5.91 Å². The number of aromatic nitrogens is 1. The lowest BCUT2D eigenvalue weighted by Gasteiger charge is -2.04. The van der Waals surface area contributed by atoms with Crippen LogP contribution in [-0.4, -0.2) is 17.0 Å². The minimum Gasteiger partial charge on any atom is -0.397 e. The molecule has 0 radical (unpaired) electrons. The van der Waals surface area contributed by atoms with Crippen LogP contribution in [0.5, 0.6) is 0 Å². The zero-order chi connectivity index (χ0) is 10.7. The van der Waals surface area contributed by atoms with E-state index in [2.05, 4.69) is 27.8 Å². The number of nitrogens with one attached hydrogen (secondary N) is 1. The number of hydrogen-bond acceptors (Lipinski definition) is 2. The molecule has 0 fully saturated rings. The SMILES string of the molecule is C=C(Br)CNC(=O)c1cc(N)cn1C. The number of rotatable bonds is 3. The highest BCUT2D eigenvalue weighted by molar-refractivity contribution is 9.11. The molecular formula is C9H12BrN3O. The number of anilines is 1. The van der Waals surface area contributed by atoms with E-state index >= 15 is 0 Å². The van der Waals surface area contributed by atoms with E-state index in [0.29, 0.717) is 17.9 Å². The summed E-state index contributed by atoms with van der Waals surface area (Å²) in [6.45, 7) is 4.03. The van der Waals surface area contributed by atoms with Crippen LogP contribution in [0.1, 0.15) is 10.5 Å². The van der Waals surface area contributed by atoms with Gasteiger partial charge in [0.2, 0.25) is 0 Å². The maximum atomic E-state index is 11.5. The van der Waals surface area contributed by atoms with Crippen LogP contribution in [-0.2, 0) is 7.05 Å². The Hall–Kier alpha value is -1.23. The fourth-order valence-electron chi connectivity index (χ4n) is 1.08. The number of aryl methyl sites for hydroxylation is 1. The number of nitrogen functional groups attached to an aromatic ring is 1. The summed E-state index contributed by atoms with van der Waals surface area (Å²) >= 11 is 3.16. The van der Waals surface area contributed by atoms with Crippen molar-refractivity contribution in [3.8, 4) is 0 Å². The third-order valence-electron chi connectivity index (χ3n) is 1.70. The molecule has 76 valence electrons. The highest BCUT2D eigenvalue weighted by atomic mass is 79.9. The van der Waals surface area contributed by atoms with Gasteiger partial charge in [0, 0.05) is 24.3 Å². The summed E-state index contributed by atoms with van der Waals surface area (Å²) in [6, 6.07) is 1.63. The molecule has 4 nitrogen and oxygen atoms in total. The molecule has 1 rings (SSSR count). The number of carbonyl (C=O) groups excluding carboxylic acids is 1. The summed E-state index contributed by atoms with van der Waals surface area (Å²) in [5.74, 6) is -0.162. The highest BCUT2D eigenvalue weighted by Crippen LogP contribution is 2.08. The third-order valence-corrected chi connectivity index (χ3v) is 1.98. The first-order chi connectivity index (χ1) is 6.50. The quantitative estimate of drug-likeness (QED) is 0.857. The topological polar surface area (TPSA) is 60.1 Å². The van der Waals surface area contributed by atoms with Crippen LogP contribution in [0.15, 0.2) is 23.3 Å². The van der Waals surface area contributed by atoms with Crippen LogP contribution in [0.25, 0.3) is 0 Å². The van der Waals surface area contributed by atoms with E-state index in [0.717, 1.165) is 4.48 Å². The van der Waals surface area contributed by atoms with Gasteiger partial charge in [-0.1, -0.05) is 22.5 Å². The molecular weight excluding hydrogens is 246 g/mol. The molecule has 1 aromatic heterocycles. The van der Waals surface area contributed by atoms with E-state index in [1.807, 2.05) is 0 Å². The monoisotopic (exact) mass is 257 g/mol. The first-order valence-electron chi connectivity index (χ1n) is 4.04. The Morgan fingerprint density at radius 2 is 2.43 bits per heavy atom. The molecule has 5 heteroatoms. The number of carbonyl (C=O) groups is 1. The summed E-state index contributed by atoms with van der Waals surface area (Å²) < 4.78 is 2.41. The zero-order valence-electron chi connectivity index (χ0n) is 7.88. The fourth-order valence-corrected chi connectivity index (χ4v) is 1.22. The standard InChI is InChI=1S/C9H12BrN3O/c1-6(10)4-12-9(14)8-3-7(11)5-13(8)2/h3,5H,1,4,11H2,2H3,(H,12,14). The van der Waals surface area contributed by atoms with Crippen LogP contribution in [0.4, 0.5) is 5.69 Å². The predicted octanol–water partition coefficient (Wildman–Crippen LogP) is 1.25. The second-order valence-corrected chi connectivity index (χ2v) is 4.09. The Morgan fingerprint density at radius 1 is 1.79 bits per heavy atom. The lowest BCUT2D eigenvalue weighted by Crippen LogP contribution is -2.26. The first-order valence-corrected chi connectivity index (χ1v) is 4.83. The maximum absolute atomic E-state index is 11.5. The molecule has 0 atom stereocenters. The average molecular weight is 258 g/mol. The number of nitrogens with zero attached hydrogens (tertiary/aromatic N) is 1. The largest absolute Gasteiger partial charge is 0.397 e. The molecule has 0 aliphatic rings. The van der Waals surface area contributed by atoms with Gasteiger partial charge < -0.3 is 15.6 Å². The van der Waals surface area contributed by atoms with Gasteiger partial charge in [-0.15, -0.1) is 0 Å². The number of amides is 1. The Labute approximate surface area is 90.9 Å². The summed E-state index contributed by atoms with van der Waals surface area (Å²) in [6.07, 6.45) is 1.69. The van der Waals surface area contributed by atoms with Gasteiger partial charge in [-0.25, -0.2) is 0 Å². The Kier molecular flexibility index (Phi) is 3.35. The zero-order valence-corrected chi connectivity index (χ0v) is 9.47. The molecule has 1 heterocycles. The normalized spacial score (nSPS) is 9.86. The van der Waals surface area contributed by atoms with Crippen molar-refractivity contribution in [3.05, 3.63) is 29.0 Å². The van der Waals surface area contributed by atoms with Gasteiger partial charge in [-0.05, 0) is 6.07 Å². The van der Waals surface area contributed by atoms with Crippen LogP contribution < -0.4 is 11.1 Å². The fraction of sp³-hybridized carbons (Fsp3) is 0.222. The smallest absolute Gasteiger partial charge is 0.268 e. The third kappa shape index (κ3) is 2.63. The van der Waals surface area contributed by atoms with Gasteiger partial charge in [0.15, 0.2) is 0 Å². The number of hydrogen-bond donors (Lipinski definition) is 2. The Morgan fingerprint density at radius 3 is 2.86 bits per heavy atom. The van der Waals surface area contributed by atoms with Crippen molar-refractivity contribution in [2.24, 2.45) is 7.05 Å². The van der Waals surface area contributed by atoms with Crippen molar-refractivity contribution in [2.45, 2.75) is 0 Å². The first kappa shape index (κ1) is 10.8. The molecule has 0 saturated heterocycles. The van der Waals surface area contributed by atoms with E-state index in [9.17, 15) is 4.79 Å². The van der Waals surface area contributed by atoms with Crippen molar-refractivity contribution in [1.29, 1.82) is 0 Å². The van der Waals surface area contributed by atoms with Crippen LogP contribution in [0.2, 0.25) is 0 Å². The van der Waals surface area contributed by atoms with E-state index in [4.69, 9.17) is 5.73 Å². The van der Waals surface area contributed by atoms with E-state index in [-0.39, 0.29) is 5.91 Å². The second kappa shape index (κ2) is 4.32. The molecule has 0 unspecified atom stereocenters. The van der Waals surface area contributed by atoms with Gasteiger partial charge >= 0.3 is 0 Å². The minimum atomic E-state index is -0.162. The second-order valence-electron chi connectivity index (χ2n) is 2.97. The lowest BCUT2D eigenvalue weighted by molar-refractivity contribution is 0.0949. The van der Waals surface area contributed by atoms with Crippen molar-refractivity contribution in [3.63, 3.8) is 0 Å². The van der Waals surface area contributed by atoms with Crippen molar-refractivity contribution in [1.82, 2.24) is 9.88 Å². The van der Waals surface area contributed by atoms with E-state index < -0.39 is 0 Å². The molecule has 14 heavy (non-hydrogen) atoms. The summed E-state index contributed by atoms with van der Waals surface area (Å²) in [7, 11) is 1.77. The van der Waals surface area contributed by atoms with E-state index in [1.165, 1.54) is 0 Å². The Bertz CT molecular complexity index is 370. The number of nitrogens with two attached hydrogens (primary N) is 1. The van der Waals surface area contributed by atoms with Crippen LogP contribution in [0, 0.1) is 0 Å². The van der Waals surface area contributed by atoms with Crippen LogP contribution in [0.3, 0.4) is 0 Å². The molecule has 3 N–H and O–H groups in total. The molecule has 1 aromatic rings. The van der Waals surface area contributed by atoms with Gasteiger partial charge in [0.1, 0.15) is 5.69 Å². The van der Waals surface area contributed by atoms with Crippen molar-refractivity contribution >= 4 is 27.5 Å². The summed E-state index contributed by atoms with van der Waals surface area (Å²) in [4.78, 5) is 11.5. The van der Waals surface area contributed by atoms with Crippen molar-refractivity contribution < 1.29 is 4.79 Å². The van der Waals surface area contributed by atoms with Gasteiger partial charge in [-0.2, -0.15) is 0 Å². The Balaban J connectivity index is 2.69. The molecule has 0 saturated carbocycles. The molecule has 1 amide bonds. The highest BCUT2D eigenvalue weighted by Gasteiger charge is 2.09. The van der Waals surface area contributed by atoms with Crippen molar-refractivity contribution in [2.75, 3.05) is 12.3 Å². The lowest BCUT2D eigenvalue weighted by atomic mass is 10.4. The van der Waals surface area contributed by atoms with Gasteiger partial charge in [-0.3, -0.25) is 4.79 Å². The molecule has 0 bridgehead atoms. The summed E-state index contributed by atoms with van der Waals surface area (Å²) in [5, 5.41) is 2.69. The maximum Gasteiger partial charge on any atom is 0.268 e. The average Bonchev–Trinajstić information content (AvgIpc) is 2.41. The molecule has 0 spiro atoms. The number of halogens is 1. The molecule has 0 aliphatic heterocycles. The molecule has 0 aliphatic carbocycles. The van der Waals surface area contributed by atoms with Crippen LogP contribution >= 0.6 is 15.9 Å². The van der Waals surface area contributed by atoms with E-state index in [1.54, 1.807) is 23.9 Å². The predicted molar refractivity (Wildman–Crippen MR) is 60.2 cm³/mol. The van der Waals surface area contributed by atoms with Gasteiger partial charge in [0.05, 0.1) is 5.69 Å². The minimum absolute atomic E-state index is 0.162. The molecule has 0 aromatic carbocycles.